The van der Waals surface area contributed by atoms with Crippen LogP contribution in [0.1, 0.15) is 0 Å². The molecule has 0 amide bonds. The van der Waals surface area contributed by atoms with Crippen molar-refractivity contribution in [2.24, 2.45) is 0 Å². The Morgan fingerprint density at radius 3 is 1.89 bits per heavy atom. The van der Waals surface area contributed by atoms with Crippen LogP contribution in [0.25, 0.3) is 0 Å². The summed E-state index contributed by atoms with van der Waals surface area (Å²) >= 11 is 0. The summed E-state index contributed by atoms with van der Waals surface area (Å²) in [6.45, 7) is 8.56. The van der Waals surface area contributed by atoms with Gasteiger partial charge in [0.2, 0.25) is 0 Å². The lowest BCUT2D eigenvalue weighted by atomic mass is 10.6. The minimum atomic E-state index is -3.44. The van der Waals surface area contributed by atoms with Gasteiger partial charge in [-0.1, -0.05) is 19.6 Å². The lowest BCUT2D eigenvalue weighted by Gasteiger charge is -2.23. The molecule has 0 radical (unpaired) electrons. The van der Waals surface area contributed by atoms with E-state index in [4.69, 9.17) is 9.47 Å². The van der Waals surface area contributed by atoms with E-state index in [0.29, 0.717) is 32.8 Å². The number of ether oxygens (including phenoxy) is 2. The average Bonchev–Trinajstić information content (AvgIpc) is 2.26. The van der Waals surface area contributed by atoms with E-state index in [9.17, 15) is 8.42 Å². The van der Waals surface area contributed by atoms with Crippen LogP contribution >= 0.6 is 0 Å². The first-order chi connectivity index (χ1) is 8.73. The van der Waals surface area contributed by atoms with E-state index in [1.54, 1.807) is 14.2 Å². The minimum absolute atomic E-state index is 0.335. The molecule has 1 N–H and O–H groups in total. The third kappa shape index (κ3) is 9.53. The molecule has 0 aromatic carbocycles. The number of nitrogens with zero attached hydrogens (tertiary/aromatic N) is 1. The molecular formula is C11H28N2O4SSi. The van der Waals surface area contributed by atoms with Crippen molar-refractivity contribution in [2.75, 3.05) is 47.1 Å². The smallest absolute Gasteiger partial charge is 0.279 e. The van der Waals surface area contributed by atoms with Gasteiger partial charge < -0.3 is 9.47 Å². The van der Waals surface area contributed by atoms with Gasteiger partial charge in [0.15, 0.2) is 0 Å². The van der Waals surface area contributed by atoms with Gasteiger partial charge in [-0.25, -0.2) is 4.72 Å². The van der Waals surface area contributed by atoms with Crippen molar-refractivity contribution in [2.45, 2.75) is 25.7 Å². The lowest BCUT2D eigenvalue weighted by Crippen LogP contribution is -2.45. The Bertz CT molecular complexity index is 322. The van der Waals surface area contributed by atoms with Crippen LogP contribution < -0.4 is 4.72 Å². The van der Waals surface area contributed by atoms with Crippen molar-refractivity contribution < 1.29 is 17.9 Å². The van der Waals surface area contributed by atoms with E-state index in [-0.39, 0.29) is 0 Å². The molecule has 8 heteroatoms. The Morgan fingerprint density at radius 1 is 1.05 bits per heavy atom. The van der Waals surface area contributed by atoms with Crippen LogP contribution in [0.15, 0.2) is 0 Å². The Kier molecular flexibility index (Phi) is 9.04. The van der Waals surface area contributed by atoms with Gasteiger partial charge in [0.25, 0.3) is 10.2 Å². The summed E-state index contributed by atoms with van der Waals surface area (Å²) < 4.78 is 38.2. The van der Waals surface area contributed by atoms with Gasteiger partial charge in [-0.3, -0.25) is 0 Å². The molecule has 0 bridgehead atoms. The number of methoxy groups -OCH3 is 2. The molecule has 0 unspecified atom stereocenters. The van der Waals surface area contributed by atoms with Crippen LogP contribution in [0.2, 0.25) is 25.7 Å². The van der Waals surface area contributed by atoms with E-state index in [0.717, 1.165) is 6.04 Å². The highest BCUT2D eigenvalue weighted by atomic mass is 32.2. The normalized spacial score (nSPS) is 13.2. The highest BCUT2D eigenvalue weighted by molar-refractivity contribution is 7.87. The van der Waals surface area contributed by atoms with Crippen LogP contribution in [0.5, 0.6) is 0 Å². The predicted molar refractivity (Wildman–Crippen MR) is 80.4 cm³/mol. The van der Waals surface area contributed by atoms with E-state index >= 15 is 0 Å². The van der Waals surface area contributed by atoms with Crippen LogP contribution in [0, 0.1) is 0 Å². The molecule has 0 aromatic heterocycles. The second kappa shape index (κ2) is 9.04. The molecule has 0 saturated heterocycles. The fourth-order valence-electron chi connectivity index (χ4n) is 1.38. The molecular weight excluding hydrogens is 284 g/mol. The second-order valence-electron chi connectivity index (χ2n) is 5.59. The average molecular weight is 313 g/mol. The van der Waals surface area contributed by atoms with Gasteiger partial charge in [0, 0.05) is 41.9 Å². The molecule has 0 heterocycles. The van der Waals surface area contributed by atoms with Crippen LogP contribution in [0.3, 0.4) is 0 Å². The van der Waals surface area contributed by atoms with Crippen molar-refractivity contribution in [3.05, 3.63) is 0 Å². The summed E-state index contributed by atoms with van der Waals surface area (Å²) in [5.41, 5.74) is 0. The van der Waals surface area contributed by atoms with Crippen LogP contribution in [-0.2, 0) is 19.7 Å². The zero-order valence-electron chi connectivity index (χ0n) is 12.7. The second-order valence-corrected chi connectivity index (χ2v) is 13.0. The third-order valence-corrected chi connectivity index (χ3v) is 5.95. The van der Waals surface area contributed by atoms with Gasteiger partial charge in [-0.05, 0) is 6.04 Å². The summed E-state index contributed by atoms with van der Waals surface area (Å²) in [5, 5.41) is 0. The van der Waals surface area contributed by atoms with Gasteiger partial charge >= 0.3 is 0 Å². The molecule has 0 atom stereocenters. The first-order valence-corrected chi connectivity index (χ1v) is 11.6. The molecule has 0 aliphatic carbocycles. The number of hydrogen-bond acceptors (Lipinski definition) is 4. The molecule has 6 nitrogen and oxygen atoms in total. The maximum absolute atomic E-state index is 12.1. The minimum Gasteiger partial charge on any atom is -0.383 e. The van der Waals surface area contributed by atoms with E-state index in [2.05, 4.69) is 24.4 Å². The van der Waals surface area contributed by atoms with Crippen molar-refractivity contribution in [1.82, 2.24) is 9.03 Å². The maximum Gasteiger partial charge on any atom is 0.279 e. The first-order valence-electron chi connectivity index (χ1n) is 6.45. The zero-order chi connectivity index (χ0) is 14.9. The SMILES string of the molecule is COCCN(CCOC)S(=O)(=O)NCC[Si](C)(C)C. The molecule has 19 heavy (non-hydrogen) atoms. The van der Waals surface area contributed by atoms with Crippen LogP contribution in [-0.4, -0.2) is 67.9 Å². The number of rotatable bonds is 11. The Morgan fingerprint density at radius 2 is 1.53 bits per heavy atom. The predicted octanol–water partition coefficient (Wildman–Crippen LogP) is 0.754. The van der Waals surface area contributed by atoms with Gasteiger partial charge in [0.05, 0.1) is 13.2 Å². The largest absolute Gasteiger partial charge is 0.383 e. The molecule has 0 aromatic rings. The quantitative estimate of drug-likeness (QED) is 0.572. The highest BCUT2D eigenvalue weighted by Crippen LogP contribution is 2.07. The fraction of sp³-hybridized carbons (Fsp3) is 1.00. The monoisotopic (exact) mass is 312 g/mol. The molecule has 116 valence electrons. The molecule has 0 aliphatic heterocycles. The zero-order valence-corrected chi connectivity index (χ0v) is 14.5. The van der Waals surface area contributed by atoms with Gasteiger partial charge in [0.1, 0.15) is 0 Å². The Hall–Kier alpha value is 0.00688. The Labute approximate surface area is 118 Å². The fourth-order valence-corrected chi connectivity index (χ4v) is 3.61. The maximum atomic E-state index is 12.1. The summed E-state index contributed by atoms with van der Waals surface area (Å²) in [6, 6.07) is 0.925. The van der Waals surface area contributed by atoms with E-state index in [1.807, 2.05) is 0 Å². The summed E-state index contributed by atoms with van der Waals surface area (Å²) in [6.07, 6.45) is 0. The number of hydrogen-bond donors (Lipinski definition) is 1. The Balaban J connectivity index is 4.41. The summed E-state index contributed by atoms with van der Waals surface area (Å²) in [5.74, 6) is 0. The van der Waals surface area contributed by atoms with Crippen molar-refractivity contribution in [1.29, 1.82) is 0 Å². The van der Waals surface area contributed by atoms with Crippen LogP contribution in [0.4, 0.5) is 0 Å². The molecule has 0 aliphatic rings. The van der Waals surface area contributed by atoms with Crippen molar-refractivity contribution in [3.8, 4) is 0 Å². The van der Waals surface area contributed by atoms with Crippen molar-refractivity contribution >= 4 is 18.3 Å². The molecule has 0 spiro atoms. The van der Waals surface area contributed by atoms with E-state index in [1.165, 1.54) is 4.31 Å². The topological polar surface area (TPSA) is 67.9 Å². The first kappa shape index (κ1) is 19.0. The van der Waals surface area contributed by atoms with Gasteiger partial charge in [-0.2, -0.15) is 12.7 Å². The molecule has 0 rings (SSSR count). The lowest BCUT2D eigenvalue weighted by molar-refractivity contribution is 0.150. The van der Waals surface area contributed by atoms with E-state index < -0.39 is 18.3 Å². The molecule has 0 fully saturated rings. The summed E-state index contributed by atoms with van der Waals surface area (Å²) in [4.78, 5) is 0. The molecule has 0 saturated carbocycles. The summed E-state index contributed by atoms with van der Waals surface area (Å²) in [7, 11) is -1.57. The standard InChI is InChI=1S/C11H28N2O4SSi/c1-16-9-7-13(8-10-17-2)18(14,15)12-6-11-19(3,4)5/h12H,6-11H2,1-5H3. The van der Waals surface area contributed by atoms with Gasteiger partial charge in [-0.15, -0.1) is 0 Å². The number of nitrogens with one attached hydrogen (secondary N) is 1. The van der Waals surface area contributed by atoms with Crippen molar-refractivity contribution in [3.63, 3.8) is 0 Å². The highest BCUT2D eigenvalue weighted by Gasteiger charge is 2.22. The third-order valence-electron chi connectivity index (χ3n) is 2.59.